The van der Waals surface area contributed by atoms with Crippen molar-refractivity contribution in [3.63, 3.8) is 0 Å². The molecule has 1 aromatic carbocycles. The van der Waals surface area contributed by atoms with E-state index in [1.54, 1.807) is 17.0 Å². The Kier molecular flexibility index (Phi) is 10.8. The molecule has 1 saturated heterocycles. The number of amides is 2. The number of carbonyl (C=O) groups excluding carboxylic acids is 2. The first-order chi connectivity index (χ1) is 16.5. The number of nitrogens with two attached hydrogens (primary N) is 1. The summed E-state index contributed by atoms with van der Waals surface area (Å²) in [4.78, 5) is 29.5. The van der Waals surface area contributed by atoms with Gasteiger partial charge in [0, 0.05) is 30.3 Å². The molecule has 2 aromatic rings. The van der Waals surface area contributed by atoms with E-state index in [0.29, 0.717) is 17.8 Å². The summed E-state index contributed by atoms with van der Waals surface area (Å²) in [6.45, 7) is 10.6. The highest BCUT2D eigenvalue weighted by molar-refractivity contribution is 5.98. The molecule has 0 saturated carbocycles. The molecular formula is C28H35N3O3. The molecule has 0 spiro atoms. The van der Waals surface area contributed by atoms with Gasteiger partial charge in [-0.1, -0.05) is 26.0 Å². The lowest BCUT2D eigenvalue weighted by molar-refractivity contribution is -0.117. The lowest BCUT2D eigenvalue weighted by Crippen LogP contribution is -2.18. The van der Waals surface area contributed by atoms with Crippen LogP contribution < -0.4 is 10.5 Å². The third kappa shape index (κ3) is 7.17. The van der Waals surface area contributed by atoms with E-state index in [9.17, 15) is 9.59 Å². The van der Waals surface area contributed by atoms with E-state index in [1.165, 1.54) is 0 Å². The van der Waals surface area contributed by atoms with Gasteiger partial charge in [0.05, 0.1) is 11.3 Å². The predicted molar refractivity (Wildman–Crippen MR) is 137 cm³/mol. The van der Waals surface area contributed by atoms with Gasteiger partial charge in [-0.15, -0.1) is 6.58 Å². The molecule has 0 bridgehead atoms. The lowest BCUT2D eigenvalue weighted by Gasteiger charge is -2.14. The zero-order valence-electron chi connectivity index (χ0n) is 20.4. The Bertz CT molecular complexity index is 1030. The molecule has 1 aliphatic heterocycles. The first-order valence-corrected chi connectivity index (χ1v) is 11.8. The number of aromatic nitrogens is 1. The monoisotopic (exact) mass is 461 g/mol. The van der Waals surface area contributed by atoms with Gasteiger partial charge >= 0.3 is 0 Å². The number of allylic oxidation sites excluding steroid dienone is 4. The fourth-order valence-corrected chi connectivity index (χ4v) is 3.73. The Hall–Kier alpha value is -3.67. The third-order valence-electron chi connectivity index (χ3n) is 5.29. The number of carbonyl (C=O) groups is 2. The topological polar surface area (TPSA) is 85.5 Å². The number of nitrogens with zero attached hydrogens (tertiary/aromatic N) is 2. The molecule has 2 aliphatic rings. The molecule has 4 rings (SSSR count). The molecule has 1 aromatic heterocycles. The van der Waals surface area contributed by atoms with Gasteiger partial charge in [0.1, 0.15) is 11.5 Å². The van der Waals surface area contributed by atoms with Crippen LogP contribution >= 0.6 is 0 Å². The number of ether oxygens (including phenoxy) is 1. The minimum atomic E-state index is -0.516. The second kappa shape index (κ2) is 13.8. The lowest BCUT2D eigenvalue weighted by atomic mass is 9.99. The number of rotatable bonds is 6. The zero-order chi connectivity index (χ0) is 24.9. The highest BCUT2D eigenvalue weighted by Crippen LogP contribution is 2.30. The molecule has 6 heteroatoms. The smallest absolute Gasteiger partial charge is 0.250 e. The van der Waals surface area contributed by atoms with Crippen LogP contribution in [0.4, 0.5) is 0 Å². The van der Waals surface area contributed by atoms with Crippen LogP contribution in [-0.2, 0) is 4.79 Å². The summed E-state index contributed by atoms with van der Waals surface area (Å²) in [5, 5.41) is 0. The van der Waals surface area contributed by atoms with E-state index >= 15 is 0 Å². The molecule has 6 nitrogen and oxygen atoms in total. The predicted octanol–water partition coefficient (Wildman–Crippen LogP) is 5.62. The molecule has 2 amide bonds. The number of primary amides is 1. The molecule has 0 radical (unpaired) electrons. The molecular weight excluding hydrogens is 426 g/mol. The van der Waals surface area contributed by atoms with Crippen molar-refractivity contribution in [3.05, 3.63) is 84.3 Å². The van der Waals surface area contributed by atoms with Gasteiger partial charge in [-0.05, 0) is 74.7 Å². The van der Waals surface area contributed by atoms with Crippen molar-refractivity contribution < 1.29 is 14.3 Å². The number of pyridine rings is 1. The maximum Gasteiger partial charge on any atom is 0.250 e. The van der Waals surface area contributed by atoms with Gasteiger partial charge in [0.2, 0.25) is 6.41 Å². The van der Waals surface area contributed by atoms with Gasteiger partial charge in [-0.3, -0.25) is 14.6 Å². The van der Waals surface area contributed by atoms with Crippen LogP contribution in [0.2, 0.25) is 0 Å². The molecule has 2 heterocycles. The normalized spacial score (nSPS) is 16.3. The van der Waals surface area contributed by atoms with E-state index in [0.717, 1.165) is 55.0 Å². The van der Waals surface area contributed by atoms with Crippen molar-refractivity contribution >= 4 is 12.3 Å². The van der Waals surface area contributed by atoms with Crippen LogP contribution in [0.1, 0.15) is 62.0 Å². The van der Waals surface area contributed by atoms with E-state index < -0.39 is 5.91 Å². The van der Waals surface area contributed by atoms with Crippen LogP contribution in [0.3, 0.4) is 0 Å². The van der Waals surface area contributed by atoms with Crippen LogP contribution in [0, 0.1) is 0 Å². The summed E-state index contributed by atoms with van der Waals surface area (Å²) in [7, 11) is 0. The van der Waals surface area contributed by atoms with E-state index in [2.05, 4.69) is 18.7 Å². The fraction of sp³-hybridized carbons (Fsp3) is 0.321. The van der Waals surface area contributed by atoms with Gasteiger partial charge in [0.15, 0.2) is 0 Å². The SMILES string of the molecule is C=CC.CC.NC(=O)c1ccc(C2CCN(C=O)C2)nc1-c1ccc(OC2=CCCC=C2)cc1. The minimum Gasteiger partial charge on any atom is -0.458 e. The third-order valence-corrected chi connectivity index (χ3v) is 5.29. The van der Waals surface area contributed by atoms with Crippen molar-refractivity contribution in [2.24, 2.45) is 5.73 Å². The number of likely N-dealkylation sites (tertiary alicyclic amines) is 1. The van der Waals surface area contributed by atoms with Gasteiger partial charge in [0.25, 0.3) is 5.91 Å². The Balaban J connectivity index is 0.000000758. The quantitative estimate of drug-likeness (QED) is 0.447. The summed E-state index contributed by atoms with van der Waals surface area (Å²) in [6, 6.07) is 11.1. The average Bonchev–Trinajstić information content (AvgIpc) is 3.36. The average molecular weight is 462 g/mol. The molecule has 180 valence electrons. The molecule has 34 heavy (non-hydrogen) atoms. The highest BCUT2D eigenvalue weighted by Gasteiger charge is 2.25. The number of hydrogen-bond acceptors (Lipinski definition) is 4. The molecule has 1 atom stereocenters. The van der Waals surface area contributed by atoms with Crippen molar-refractivity contribution in [2.45, 2.75) is 46.0 Å². The number of hydrogen-bond donors (Lipinski definition) is 1. The van der Waals surface area contributed by atoms with Crippen molar-refractivity contribution in [2.75, 3.05) is 13.1 Å². The largest absolute Gasteiger partial charge is 0.458 e. The summed E-state index contributed by atoms with van der Waals surface area (Å²) in [5.74, 6) is 1.20. The summed E-state index contributed by atoms with van der Waals surface area (Å²) in [6.07, 6.45) is 11.6. The maximum atomic E-state index is 11.9. The van der Waals surface area contributed by atoms with Crippen molar-refractivity contribution in [1.82, 2.24) is 9.88 Å². The van der Waals surface area contributed by atoms with Crippen molar-refractivity contribution in [3.8, 4) is 17.0 Å². The van der Waals surface area contributed by atoms with Gasteiger partial charge in [-0.25, -0.2) is 0 Å². The second-order valence-corrected chi connectivity index (χ2v) is 7.70. The van der Waals surface area contributed by atoms with E-state index in [4.69, 9.17) is 15.5 Å². The fourth-order valence-electron chi connectivity index (χ4n) is 3.73. The Labute approximate surface area is 202 Å². The van der Waals surface area contributed by atoms with Crippen LogP contribution in [0.15, 0.2) is 73.0 Å². The van der Waals surface area contributed by atoms with Crippen LogP contribution in [-0.4, -0.2) is 35.3 Å². The number of benzene rings is 1. The molecule has 1 unspecified atom stereocenters. The van der Waals surface area contributed by atoms with Gasteiger partial charge in [-0.2, -0.15) is 0 Å². The molecule has 2 N–H and O–H groups in total. The van der Waals surface area contributed by atoms with Crippen LogP contribution in [0.5, 0.6) is 5.75 Å². The van der Waals surface area contributed by atoms with Gasteiger partial charge < -0.3 is 15.4 Å². The molecule has 1 fully saturated rings. The minimum absolute atomic E-state index is 0.161. The van der Waals surface area contributed by atoms with E-state index in [-0.39, 0.29) is 5.92 Å². The zero-order valence-corrected chi connectivity index (χ0v) is 20.4. The van der Waals surface area contributed by atoms with Crippen LogP contribution in [0.25, 0.3) is 11.3 Å². The Morgan fingerprint density at radius 3 is 2.44 bits per heavy atom. The van der Waals surface area contributed by atoms with Crippen molar-refractivity contribution in [1.29, 1.82) is 0 Å². The highest BCUT2D eigenvalue weighted by atomic mass is 16.5. The Morgan fingerprint density at radius 1 is 1.18 bits per heavy atom. The summed E-state index contributed by atoms with van der Waals surface area (Å²) >= 11 is 0. The standard InChI is InChI=1S/C23H23N3O3.C3H6.C2H6/c24-23(28)20-10-11-21(17-12-13-26(14-17)15-27)25-22(20)16-6-8-19(9-7-16)29-18-4-2-1-3-5-18;1-3-2;1-2/h2,4-11,15,17H,1,3,12-14H2,(H2,24,28);3H,1H2,2H3;1-2H3. The van der Waals surface area contributed by atoms with E-state index in [1.807, 2.05) is 57.2 Å². The first-order valence-electron chi connectivity index (χ1n) is 11.8. The Morgan fingerprint density at radius 2 is 1.88 bits per heavy atom. The summed E-state index contributed by atoms with van der Waals surface area (Å²) in [5.41, 5.74) is 8.18. The summed E-state index contributed by atoms with van der Waals surface area (Å²) < 4.78 is 5.88. The first kappa shape index (κ1) is 26.6. The second-order valence-electron chi connectivity index (χ2n) is 7.70. The maximum absolute atomic E-state index is 11.9. The molecule has 1 aliphatic carbocycles.